The van der Waals surface area contributed by atoms with E-state index in [1.54, 1.807) is 12.1 Å². The second-order valence-electron chi connectivity index (χ2n) is 5.50. The van der Waals surface area contributed by atoms with Crippen LogP contribution < -0.4 is 5.32 Å². The van der Waals surface area contributed by atoms with E-state index >= 15 is 0 Å². The Bertz CT molecular complexity index is 542. The molecule has 1 N–H and O–H groups in total. The molecule has 1 heterocycles. The van der Waals surface area contributed by atoms with Crippen molar-refractivity contribution in [3.63, 3.8) is 0 Å². The number of nitrogens with one attached hydrogen (secondary N) is 1. The Kier molecular flexibility index (Phi) is 3.66. The highest BCUT2D eigenvalue weighted by atomic mass is 35.5. The van der Waals surface area contributed by atoms with Crippen LogP contribution in [0.3, 0.4) is 0 Å². The van der Waals surface area contributed by atoms with Gasteiger partial charge in [0.25, 0.3) is 0 Å². The van der Waals surface area contributed by atoms with Crippen LogP contribution in [0.15, 0.2) is 24.3 Å². The third-order valence-corrected chi connectivity index (χ3v) is 4.51. The van der Waals surface area contributed by atoms with Gasteiger partial charge in [0.15, 0.2) is 0 Å². The fourth-order valence-electron chi connectivity index (χ4n) is 2.76. The Morgan fingerprint density at radius 1 is 1.30 bits per heavy atom. The molecule has 1 aliphatic carbocycles. The topological polar surface area (TPSA) is 49.4 Å². The van der Waals surface area contributed by atoms with Crippen molar-refractivity contribution in [3.05, 3.63) is 29.3 Å². The number of halogens is 1. The molecule has 1 saturated carbocycles. The second kappa shape index (κ2) is 5.44. The molecule has 1 aromatic rings. The highest BCUT2D eigenvalue weighted by Crippen LogP contribution is 2.31. The molecule has 1 unspecified atom stereocenters. The van der Waals surface area contributed by atoms with Crippen molar-refractivity contribution in [1.29, 1.82) is 0 Å². The molecule has 1 aliphatic heterocycles. The van der Waals surface area contributed by atoms with Crippen molar-refractivity contribution in [2.45, 2.75) is 31.7 Å². The van der Waals surface area contributed by atoms with E-state index in [1.807, 2.05) is 17.0 Å². The molecule has 1 saturated heterocycles. The SMILES string of the molecule is O=C(Nc1ccccc1Cl)C1CC(=O)N(C2CCC2)C1. The molecule has 2 aliphatic rings. The minimum absolute atomic E-state index is 0.106. The van der Waals surface area contributed by atoms with Gasteiger partial charge in [-0.1, -0.05) is 23.7 Å². The van der Waals surface area contributed by atoms with Crippen LogP contribution in [-0.4, -0.2) is 29.3 Å². The number of benzene rings is 1. The summed E-state index contributed by atoms with van der Waals surface area (Å²) >= 11 is 6.02. The number of nitrogens with zero attached hydrogens (tertiary/aromatic N) is 1. The largest absolute Gasteiger partial charge is 0.339 e. The van der Waals surface area contributed by atoms with E-state index in [2.05, 4.69) is 5.32 Å². The minimum atomic E-state index is -0.264. The van der Waals surface area contributed by atoms with Gasteiger partial charge in [0.2, 0.25) is 11.8 Å². The predicted molar refractivity (Wildman–Crippen MR) is 77.5 cm³/mol. The molecular formula is C15H17ClN2O2. The number of para-hydroxylation sites is 1. The second-order valence-corrected chi connectivity index (χ2v) is 5.91. The molecule has 0 spiro atoms. The molecule has 0 bridgehead atoms. The Hall–Kier alpha value is -1.55. The van der Waals surface area contributed by atoms with E-state index in [0.29, 0.717) is 29.7 Å². The predicted octanol–water partition coefficient (Wildman–Crippen LogP) is 2.68. The minimum Gasteiger partial charge on any atom is -0.339 e. The summed E-state index contributed by atoms with van der Waals surface area (Å²) in [6.45, 7) is 0.541. The Morgan fingerprint density at radius 2 is 2.05 bits per heavy atom. The number of hydrogen-bond donors (Lipinski definition) is 1. The summed E-state index contributed by atoms with van der Waals surface area (Å²) in [4.78, 5) is 26.1. The monoisotopic (exact) mass is 292 g/mol. The standard InChI is InChI=1S/C15H17ClN2O2/c16-12-6-1-2-7-13(12)17-15(20)10-8-14(19)18(9-10)11-4-3-5-11/h1-2,6-7,10-11H,3-5,8-9H2,(H,17,20). The van der Waals surface area contributed by atoms with Gasteiger partial charge in [0.1, 0.15) is 0 Å². The summed E-state index contributed by atoms with van der Waals surface area (Å²) in [7, 11) is 0. The van der Waals surface area contributed by atoms with Gasteiger partial charge in [-0.15, -0.1) is 0 Å². The van der Waals surface area contributed by atoms with E-state index in [1.165, 1.54) is 6.42 Å². The van der Waals surface area contributed by atoms with Crippen molar-refractivity contribution in [1.82, 2.24) is 4.90 Å². The molecule has 2 fully saturated rings. The summed E-state index contributed by atoms with van der Waals surface area (Å²) < 4.78 is 0. The number of carbonyl (C=O) groups excluding carboxylic acids is 2. The summed E-state index contributed by atoms with van der Waals surface area (Å²) in [5.74, 6) is -0.276. The summed E-state index contributed by atoms with van der Waals surface area (Å²) in [6, 6.07) is 7.50. The van der Waals surface area contributed by atoms with Crippen LogP contribution in [0.1, 0.15) is 25.7 Å². The van der Waals surface area contributed by atoms with Crippen molar-refractivity contribution in [3.8, 4) is 0 Å². The van der Waals surface area contributed by atoms with Crippen LogP contribution in [0.5, 0.6) is 0 Å². The quantitative estimate of drug-likeness (QED) is 0.931. The van der Waals surface area contributed by atoms with Gasteiger partial charge >= 0.3 is 0 Å². The van der Waals surface area contributed by atoms with E-state index in [9.17, 15) is 9.59 Å². The highest BCUT2D eigenvalue weighted by molar-refractivity contribution is 6.33. The third-order valence-electron chi connectivity index (χ3n) is 4.18. The van der Waals surface area contributed by atoms with Crippen molar-refractivity contribution in [2.75, 3.05) is 11.9 Å². The fraction of sp³-hybridized carbons (Fsp3) is 0.467. The molecule has 20 heavy (non-hydrogen) atoms. The summed E-state index contributed by atoms with van der Waals surface area (Å²) in [6.07, 6.45) is 3.65. The maximum atomic E-state index is 12.2. The Balaban J connectivity index is 1.64. The first-order chi connectivity index (χ1) is 9.65. The van der Waals surface area contributed by atoms with E-state index in [4.69, 9.17) is 11.6 Å². The zero-order chi connectivity index (χ0) is 14.1. The number of carbonyl (C=O) groups is 2. The van der Waals surface area contributed by atoms with Crippen molar-refractivity contribution < 1.29 is 9.59 Å². The molecule has 0 radical (unpaired) electrons. The maximum absolute atomic E-state index is 12.2. The van der Waals surface area contributed by atoms with Gasteiger partial charge < -0.3 is 10.2 Å². The molecule has 5 heteroatoms. The number of likely N-dealkylation sites (tertiary alicyclic amines) is 1. The smallest absolute Gasteiger partial charge is 0.229 e. The molecule has 3 rings (SSSR count). The van der Waals surface area contributed by atoms with Gasteiger partial charge in [-0.2, -0.15) is 0 Å². The lowest BCUT2D eigenvalue weighted by molar-refractivity contribution is -0.131. The van der Waals surface area contributed by atoms with Gasteiger partial charge in [0.05, 0.1) is 16.6 Å². The first-order valence-corrected chi connectivity index (χ1v) is 7.38. The van der Waals surface area contributed by atoms with Gasteiger partial charge in [-0.3, -0.25) is 9.59 Å². The Labute approximate surface area is 123 Å². The van der Waals surface area contributed by atoms with Crippen LogP contribution in [0, 0.1) is 5.92 Å². The number of anilines is 1. The summed E-state index contributed by atoms with van der Waals surface area (Å²) in [5.41, 5.74) is 0.605. The molecule has 2 amide bonds. The fourth-order valence-corrected chi connectivity index (χ4v) is 2.94. The lowest BCUT2D eigenvalue weighted by atomic mass is 9.92. The summed E-state index contributed by atoms with van der Waals surface area (Å²) in [5, 5.41) is 3.33. The Morgan fingerprint density at radius 3 is 2.70 bits per heavy atom. The van der Waals surface area contributed by atoms with Crippen LogP contribution >= 0.6 is 11.6 Å². The average Bonchev–Trinajstić information content (AvgIpc) is 2.73. The molecule has 1 aromatic carbocycles. The maximum Gasteiger partial charge on any atom is 0.229 e. The first-order valence-electron chi connectivity index (χ1n) is 7.00. The number of hydrogen-bond acceptors (Lipinski definition) is 2. The van der Waals surface area contributed by atoms with Crippen LogP contribution in [0.2, 0.25) is 5.02 Å². The molecule has 4 nitrogen and oxygen atoms in total. The van der Waals surface area contributed by atoms with E-state index in [-0.39, 0.29) is 17.7 Å². The lowest BCUT2D eigenvalue weighted by Gasteiger charge is -2.34. The molecular weight excluding hydrogens is 276 g/mol. The molecule has 1 atom stereocenters. The zero-order valence-electron chi connectivity index (χ0n) is 11.1. The normalized spacial score (nSPS) is 22.8. The van der Waals surface area contributed by atoms with Crippen molar-refractivity contribution in [2.24, 2.45) is 5.92 Å². The van der Waals surface area contributed by atoms with Gasteiger partial charge in [-0.25, -0.2) is 0 Å². The number of rotatable bonds is 3. The van der Waals surface area contributed by atoms with E-state index < -0.39 is 0 Å². The number of amides is 2. The molecule has 0 aromatic heterocycles. The van der Waals surface area contributed by atoms with Crippen molar-refractivity contribution >= 4 is 29.1 Å². The van der Waals surface area contributed by atoms with E-state index in [0.717, 1.165) is 12.8 Å². The third kappa shape index (κ3) is 2.52. The van der Waals surface area contributed by atoms with Crippen LogP contribution in [0.4, 0.5) is 5.69 Å². The van der Waals surface area contributed by atoms with Crippen LogP contribution in [0.25, 0.3) is 0 Å². The zero-order valence-corrected chi connectivity index (χ0v) is 11.9. The van der Waals surface area contributed by atoms with Gasteiger partial charge in [0, 0.05) is 19.0 Å². The first kappa shape index (κ1) is 13.4. The van der Waals surface area contributed by atoms with Gasteiger partial charge in [-0.05, 0) is 31.4 Å². The average molecular weight is 293 g/mol. The highest BCUT2D eigenvalue weighted by Gasteiger charge is 2.39. The molecule has 106 valence electrons. The van der Waals surface area contributed by atoms with Crippen LogP contribution in [-0.2, 0) is 9.59 Å². The lowest BCUT2D eigenvalue weighted by Crippen LogP contribution is -2.41.